The van der Waals surface area contributed by atoms with Crippen molar-refractivity contribution in [1.82, 2.24) is 0 Å². The van der Waals surface area contributed by atoms with Crippen molar-refractivity contribution in [2.45, 2.75) is 26.2 Å². The molecule has 0 saturated carbocycles. The van der Waals surface area contributed by atoms with Crippen molar-refractivity contribution in [3.05, 3.63) is 82.0 Å². The Hall–Kier alpha value is -3.60. The van der Waals surface area contributed by atoms with E-state index in [9.17, 15) is 9.59 Å². The summed E-state index contributed by atoms with van der Waals surface area (Å²) in [7, 11) is 1.53. The van der Waals surface area contributed by atoms with Crippen molar-refractivity contribution < 1.29 is 13.9 Å². The number of anilines is 1. The Morgan fingerprint density at radius 3 is 2.37 bits per heavy atom. The van der Waals surface area contributed by atoms with E-state index in [1.165, 1.54) is 7.11 Å². The fraction of sp³-hybridized carbons (Fsp3) is 0.200. The van der Waals surface area contributed by atoms with Crippen LogP contribution >= 0.6 is 0 Å². The molecule has 0 radical (unpaired) electrons. The number of ether oxygens (including phenoxy) is 1. The Labute approximate surface area is 174 Å². The van der Waals surface area contributed by atoms with E-state index in [0.717, 1.165) is 5.56 Å². The summed E-state index contributed by atoms with van der Waals surface area (Å²) in [5.74, 6) is 0.260. The van der Waals surface area contributed by atoms with E-state index < -0.39 is 0 Å². The van der Waals surface area contributed by atoms with Crippen LogP contribution in [0.25, 0.3) is 21.9 Å². The summed E-state index contributed by atoms with van der Waals surface area (Å²) >= 11 is 0. The number of carbonyl (C=O) groups is 1. The van der Waals surface area contributed by atoms with Gasteiger partial charge in [0.1, 0.15) is 5.58 Å². The molecule has 0 aliphatic rings. The minimum absolute atomic E-state index is 0.0225. The quantitative estimate of drug-likeness (QED) is 0.460. The summed E-state index contributed by atoms with van der Waals surface area (Å²) in [4.78, 5) is 25.5. The standard InChI is InChI=1S/C25H23NO4/c1-25(2,3)16-10-8-15(9-11-16)24(28)26-17-12-13-18-21(14-17)30-23-19(22(18)27)6-5-7-20(23)29-4/h5-14H,1-4H3,(H,26,28). The van der Waals surface area contributed by atoms with Gasteiger partial charge in [-0.1, -0.05) is 39.0 Å². The van der Waals surface area contributed by atoms with Crippen molar-refractivity contribution >= 4 is 33.5 Å². The van der Waals surface area contributed by atoms with Gasteiger partial charge in [-0.3, -0.25) is 9.59 Å². The van der Waals surface area contributed by atoms with Crippen LogP contribution in [0.4, 0.5) is 5.69 Å². The highest BCUT2D eigenvalue weighted by molar-refractivity contribution is 6.05. The summed E-state index contributed by atoms with van der Waals surface area (Å²) in [5.41, 5.74) is 2.92. The second kappa shape index (κ2) is 7.34. The smallest absolute Gasteiger partial charge is 0.255 e. The van der Waals surface area contributed by atoms with Gasteiger partial charge in [0, 0.05) is 17.3 Å². The molecule has 5 nitrogen and oxygen atoms in total. The first-order valence-corrected chi connectivity index (χ1v) is 9.73. The first-order valence-electron chi connectivity index (χ1n) is 9.73. The number of para-hydroxylation sites is 1. The molecule has 5 heteroatoms. The maximum absolute atomic E-state index is 12.8. The molecule has 0 aliphatic heterocycles. The van der Waals surface area contributed by atoms with Gasteiger partial charge >= 0.3 is 0 Å². The van der Waals surface area contributed by atoms with Crippen LogP contribution in [0.5, 0.6) is 5.75 Å². The van der Waals surface area contributed by atoms with E-state index in [1.807, 2.05) is 24.3 Å². The summed E-state index contributed by atoms with van der Waals surface area (Å²) in [6.07, 6.45) is 0. The van der Waals surface area contributed by atoms with Crippen LogP contribution in [0.1, 0.15) is 36.7 Å². The molecular weight excluding hydrogens is 378 g/mol. The molecule has 4 aromatic rings. The Morgan fingerprint density at radius 2 is 1.70 bits per heavy atom. The van der Waals surface area contributed by atoms with Crippen molar-refractivity contribution in [3.8, 4) is 5.75 Å². The molecule has 3 aromatic carbocycles. The fourth-order valence-electron chi connectivity index (χ4n) is 3.41. The van der Waals surface area contributed by atoms with E-state index in [0.29, 0.717) is 38.9 Å². The van der Waals surface area contributed by atoms with Gasteiger partial charge in [-0.05, 0) is 47.4 Å². The third-order valence-corrected chi connectivity index (χ3v) is 5.15. The Bertz CT molecular complexity index is 1310. The summed E-state index contributed by atoms with van der Waals surface area (Å²) in [5, 5.41) is 3.78. The van der Waals surface area contributed by atoms with Crippen molar-refractivity contribution in [2.75, 3.05) is 12.4 Å². The Balaban J connectivity index is 1.69. The van der Waals surface area contributed by atoms with Crippen LogP contribution in [-0.4, -0.2) is 13.0 Å². The van der Waals surface area contributed by atoms with Crippen LogP contribution in [0.2, 0.25) is 0 Å². The number of benzene rings is 3. The molecule has 1 amide bonds. The molecule has 0 unspecified atom stereocenters. The molecule has 0 bridgehead atoms. The van der Waals surface area contributed by atoms with Crippen LogP contribution in [0.15, 0.2) is 69.9 Å². The van der Waals surface area contributed by atoms with Gasteiger partial charge in [-0.15, -0.1) is 0 Å². The molecule has 4 rings (SSSR count). The minimum atomic E-state index is -0.226. The maximum Gasteiger partial charge on any atom is 0.255 e. The lowest BCUT2D eigenvalue weighted by Gasteiger charge is -2.19. The van der Waals surface area contributed by atoms with Crippen molar-refractivity contribution in [1.29, 1.82) is 0 Å². The lowest BCUT2D eigenvalue weighted by Crippen LogP contribution is -2.14. The van der Waals surface area contributed by atoms with Gasteiger partial charge in [0.25, 0.3) is 5.91 Å². The molecule has 30 heavy (non-hydrogen) atoms. The highest BCUT2D eigenvalue weighted by Crippen LogP contribution is 2.28. The second-order valence-corrected chi connectivity index (χ2v) is 8.26. The molecule has 1 N–H and O–H groups in total. The predicted octanol–water partition coefficient (Wildman–Crippen LogP) is 5.50. The number of rotatable bonds is 3. The third kappa shape index (κ3) is 3.54. The van der Waals surface area contributed by atoms with E-state index in [1.54, 1.807) is 36.4 Å². The lowest BCUT2D eigenvalue weighted by atomic mass is 9.87. The van der Waals surface area contributed by atoms with Gasteiger partial charge in [-0.2, -0.15) is 0 Å². The molecule has 0 spiro atoms. The summed E-state index contributed by atoms with van der Waals surface area (Å²) in [6, 6.07) is 17.8. The van der Waals surface area contributed by atoms with Gasteiger partial charge in [0.15, 0.2) is 11.3 Å². The molecule has 0 aliphatic carbocycles. The topological polar surface area (TPSA) is 68.5 Å². The number of hydrogen-bond acceptors (Lipinski definition) is 4. The number of methoxy groups -OCH3 is 1. The third-order valence-electron chi connectivity index (χ3n) is 5.15. The highest BCUT2D eigenvalue weighted by Gasteiger charge is 2.15. The van der Waals surface area contributed by atoms with E-state index in [-0.39, 0.29) is 16.8 Å². The number of hydrogen-bond donors (Lipinski definition) is 1. The van der Waals surface area contributed by atoms with Gasteiger partial charge in [-0.25, -0.2) is 0 Å². The highest BCUT2D eigenvalue weighted by atomic mass is 16.5. The average molecular weight is 401 g/mol. The zero-order valence-electron chi connectivity index (χ0n) is 17.4. The predicted molar refractivity (Wildman–Crippen MR) is 120 cm³/mol. The average Bonchev–Trinajstić information content (AvgIpc) is 2.73. The first kappa shape index (κ1) is 19.7. The molecular formula is C25H23NO4. The van der Waals surface area contributed by atoms with Gasteiger partial charge in [0.05, 0.1) is 17.9 Å². The van der Waals surface area contributed by atoms with Gasteiger partial charge in [0.2, 0.25) is 5.43 Å². The minimum Gasteiger partial charge on any atom is -0.493 e. The summed E-state index contributed by atoms with van der Waals surface area (Å²) in [6.45, 7) is 6.39. The monoisotopic (exact) mass is 401 g/mol. The summed E-state index contributed by atoms with van der Waals surface area (Å²) < 4.78 is 11.3. The molecule has 1 heterocycles. The lowest BCUT2D eigenvalue weighted by molar-refractivity contribution is 0.102. The van der Waals surface area contributed by atoms with Crippen molar-refractivity contribution in [2.24, 2.45) is 0 Å². The van der Waals surface area contributed by atoms with Crippen LogP contribution in [-0.2, 0) is 5.41 Å². The largest absolute Gasteiger partial charge is 0.493 e. The Kier molecular flexibility index (Phi) is 4.82. The molecule has 0 saturated heterocycles. The van der Waals surface area contributed by atoms with E-state index in [2.05, 4.69) is 26.1 Å². The zero-order valence-corrected chi connectivity index (χ0v) is 17.4. The maximum atomic E-state index is 12.8. The second-order valence-electron chi connectivity index (χ2n) is 8.26. The number of nitrogens with one attached hydrogen (secondary N) is 1. The molecule has 152 valence electrons. The zero-order chi connectivity index (χ0) is 21.5. The van der Waals surface area contributed by atoms with Crippen LogP contribution in [0, 0.1) is 0 Å². The SMILES string of the molecule is COc1cccc2c(=O)c3ccc(NC(=O)c4ccc(C(C)(C)C)cc4)cc3oc12. The number of amides is 1. The van der Waals surface area contributed by atoms with Crippen LogP contribution in [0.3, 0.4) is 0 Å². The molecule has 0 fully saturated rings. The van der Waals surface area contributed by atoms with E-state index in [4.69, 9.17) is 9.15 Å². The number of fused-ring (bicyclic) bond motifs is 2. The van der Waals surface area contributed by atoms with Gasteiger partial charge < -0.3 is 14.5 Å². The normalized spacial score (nSPS) is 11.6. The fourth-order valence-corrected chi connectivity index (χ4v) is 3.41. The molecule has 0 atom stereocenters. The van der Waals surface area contributed by atoms with Crippen LogP contribution < -0.4 is 15.5 Å². The molecule has 1 aromatic heterocycles. The van der Waals surface area contributed by atoms with Crippen molar-refractivity contribution in [3.63, 3.8) is 0 Å². The Morgan fingerprint density at radius 1 is 0.967 bits per heavy atom. The number of carbonyl (C=O) groups excluding carboxylic acids is 1. The first-order chi connectivity index (χ1) is 14.3. The van der Waals surface area contributed by atoms with E-state index >= 15 is 0 Å².